The lowest BCUT2D eigenvalue weighted by Gasteiger charge is -2.03. The third kappa shape index (κ3) is 1.62. The van der Waals surface area contributed by atoms with E-state index in [2.05, 4.69) is 15.4 Å². The molecule has 5 nitrogen and oxygen atoms in total. The van der Waals surface area contributed by atoms with Crippen LogP contribution in [0.1, 0.15) is 18.9 Å². The highest BCUT2D eigenvalue weighted by atomic mass is 16.1. The Labute approximate surface area is 70.0 Å². The maximum Gasteiger partial charge on any atom is 0.256 e. The van der Waals surface area contributed by atoms with Crippen molar-refractivity contribution in [3.63, 3.8) is 0 Å². The minimum Gasteiger partial charge on any atom is -0.313 e. The number of H-pyrrole nitrogens is 1. The number of aromatic nitrogens is 2. The fourth-order valence-corrected chi connectivity index (χ4v) is 1.03. The Balaban J connectivity index is 3.11. The number of aromatic amines is 1. The van der Waals surface area contributed by atoms with Gasteiger partial charge in [0, 0.05) is 0 Å². The second-order valence-electron chi connectivity index (χ2n) is 2.45. The normalized spacial score (nSPS) is 9.83. The molecule has 1 aromatic rings. The molecule has 0 saturated heterocycles. The van der Waals surface area contributed by atoms with Crippen LogP contribution in [0, 0.1) is 0 Å². The summed E-state index contributed by atoms with van der Waals surface area (Å²) in [6, 6.07) is 0. The lowest BCUT2D eigenvalue weighted by atomic mass is 10.2. The van der Waals surface area contributed by atoms with Gasteiger partial charge in [0.2, 0.25) is 0 Å². The summed E-state index contributed by atoms with van der Waals surface area (Å²) in [4.78, 5) is 17.6. The molecule has 0 spiro atoms. The molecule has 0 aromatic carbocycles. The van der Waals surface area contributed by atoms with Gasteiger partial charge in [0.1, 0.15) is 5.82 Å². The molecular weight excluding hydrogens is 156 g/mol. The van der Waals surface area contributed by atoms with Gasteiger partial charge in [-0.3, -0.25) is 4.79 Å². The molecular formula is C7H12N4O. The minimum absolute atomic E-state index is 0.125. The number of hydrogen-bond donors (Lipinski definition) is 3. The number of nitrogens with two attached hydrogens (primary N) is 1. The van der Waals surface area contributed by atoms with Crippen LogP contribution in [-0.4, -0.2) is 9.97 Å². The minimum atomic E-state index is -0.125. The fourth-order valence-electron chi connectivity index (χ4n) is 1.03. The van der Waals surface area contributed by atoms with Crippen LogP contribution in [0.5, 0.6) is 0 Å². The maximum atomic E-state index is 11.2. The highest BCUT2D eigenvalue weighted by Gasteiger charge is 2.04. The van der Waals surface area contributed by atoms with Crippen LogP contribution in [0.4, 0.5) is 5.82 Å². The van der Waals surface area contributed by atoms with Crippen LogP contribution in [0.2, 0.25) is 0 Å². The Kier molecular flexibility index (Phi) is 2.82. The molecule has 1 rings (SSSR count). The zero-order valence-corrected chi connectivity index (χ0v) is 6.92. The molecule has 1 aromatic heterocycles. The van der Waals surface area contributed by atoms with E-state index >= 15 is 0 Å². The van der Waals surface area contributed by atoms with E-state index in [1.165, 1.54) is 6.33 Å². The summed E-state index contributed by atoms with van der Waals surface area (Å²) in [5, 5.41) is 0. The Morgan fingerprint density at radius 2 is 2.50 bits per heavy atom. The number of hydrazine groups is 1. The monoisotopic (exact) mass is 168 g/mol. The first-order valence-electron chi connectivity index (χ1n) is 3.82. The average Bonchev–Trinajstić information content (AvgIpc) is 2.09. The molecule has 12 heavy (non-hydrogen) atoms. The van der Waals surface area contributed by atoms with Crippen molar-refractivity contribution in [1.82, 2.24) is 9.97 Å². The van der Waals surface area contributed by atoms with Crippen molar-refractivity contribution in [2.24, 2.45) is 5.84 Å². The number of nitrogen functional groups attached to an aromatic ring is 1. The van der Waals surface area contributed by atoms with E-state index in [1.54, 1.807) is 0 Å². The lowest BCUT2D eigenvalue weighted by molar-refractivity contribution is 0.884. The van der Waals surface area contributed by atoms with Gasteiger partial charge in [0.05, 0.1) is 11.9 Å². The number of nitrogens with one attached hydrogen (secondary N) is 2. The van der Waals surface area contributed by atoms with E-state index in [0.717, 1.165) is 6.42 Å². The van der Waals surface area contributed by atoms with Crippen molar-refractivity contribution in [3.8, 4) is 0 Å². The smallest absolute Gasteiger partial charge is 0.256 e. The van der Waals surface area contributed by atoms with Crippen LogP contribution in [-0.2, 0) is 6.42 Å². The summed E-state index contributed by atoms with van der Waals surface area (Å²) in [7, 11) is 0. The molecule has 66 valence electrons. The quantitative estimate of drug-likeness (QED) is 0.438. The van der Waals surface area contributed by atoms with E-state index in [9.17, 15) is 4.79 Å². The Morgan fingerprint density at radius 3 is 3.08 bits per heavy atom. The molecule has 1 heterocycles. The number of hydrogen-bond acceptors (Lipinski definition) is 4. The molecule has 0 amide bonds. The number of rotatable bonds is 3. The van der Waals surface area contributed by atoms with Crippen LogP contribution < -0.4 is 16.8 Å². The second kappa shape index (κ2) is 3.87. The summed E-state index contributed by atoms with van der Waals surface area (Å²) >= 11 is 0. The van der Waals surface area contributed by atoms with Gasteiger partial charge in [-0.2, -0.15) is 0 Å². The first-order valence-corrected chi connectivity index (χ1v) is 3.82. The topological polar surface area (TPSA) is 83.8 Å². The highest BCUT2D eigenvalue weighted by molar-refractivity contribution is 5.40. The molecule has 0 atom stereocenters. The van der Waals surface area contributed by atoms with E-state index in [4.69, 9.17) is 5.84 Å². The second-order valence-corrected chi connectivity index (χ2v) is 2.45. The molecule has 0 fully saturated rings. The molecule has 5 heteroatoms. The fraction of sp³-hybridized carbons (Fsp3) is 0.429. The molecule has 0 bridgehead atoms. The zero-order valence-electron chi connectivity index (χ0n) is 6.92. The summed E-state index contributed by atoms with van der Waals surface area (Å²) in [5.74, 6) is 5.64. The van der Waals surface area contributed by atoms with Crippen molar-refractivity contribution in [2.75, 3.05) is 5.43 Å². The van der Waals surface area contributed by atoms with Gasteiger partial charge in [-0.1, -0.05) is 13.3 Å². The third-order valence-electron chi connectivity index (χ3n) is 1.59. The predicted molar refractivity (Wildman–Crippen MR) is 46.7 cm³/mol. The Morgan fingerprint density at radius 1 is 1.75 bits per heavy atom. The zero-order chi connectivity index (χ0) is 8.97. The van der Waals surface area contributed by atoms with Gasteiger partial charge in [-0.25, -0.2) is 10.8 Å². The van der Waals surface area contributed by atoms with Gasteiger partial charge in [-0.15, -0.1) is 0 Å². The van der Waals surface area contributed by atoms with Crippen molar-refractivity contribution >= 4 is 5.82 Å². The molecule has 0 aliphatic heterocycles. The lowest BCUT2D eigenvalue weighted by Crippen LogP contribution is -2.20. The highest BCUT2D eigenvalue weighted by Crippen LogP contribution is 2.05. The average molecular weight is 168 g/mol. The van der Waals surface area contributed by atoms with Gasteiger partial charge in [-0.05, 0) is 6.42 Å². The van der Waals surface area contributed by atoms with Crippen molar-refractivity contribution in [1.29, 1.82) is 0 Å². The van der Waals surface area contributed by atoms with Crippen LogP contribution in [0.25, 0.3) is 0 Å². The number of nitrogens with zero attached hydrogens (tertiary/aromatic N) is 1. The van der Waals surface area contributed by atoms with Crippen molar-refractivity contribution in [3.05, 3.63) is 22.2 Å². The standard InChI is InChI=1S/C7H12N4O/c1-2-3-5-6(11-8)9-4-10-7(5)12/h4H,2-3,8H2,1H3,(H2,9,10,11,12). The Hall–Kier alpha value is -1.36. The van der Waals surface area contributed by atoms with E-state index < -0.39 is 0 Å². The summed E-state index contributed by atoms with van der Waals surface area (Å²) in [6.45, 7) is 1.99. The van der Waals surface area contributed by atoms with E-state index in [1.807, 2.05) is 6.92 Å². The van der Waals surface area contributed by atoms with Gasteiger partial charge in [0.15, 0.2) is 0 Å². The van der Waals surface area contributed by atoms with Gasteiger partial charge >= 0.3 is 0 Å². The van der Waals surface area contributed by atoms with Crippen LogP contribution >= 0.6 is 0 Å². The predicted octanol–water partition coefficient (Wildman–Crippen LogP) is 0.00800. The largest absolute Gasteiger partial charge is 0.313 e. The van der Waals surface area contributed by atoms with Gasteiger partial charge in [0.25, 0.3) is 5.56 Å². The molecule has 0 aliphatic rings. The third-order valence-corrected chi connectivity index (χ3v) is 1.59. The van der Waals surface area contributed by atoms with E-state index in [0.29, 0.717) is 17.8 Å². The summed E-state index contributed by atoms with van der Waals surface area (Å²) in [5.41, 5.74) is 2.88. The Bertz CT molecular complexity index is 307. The molecule has 0 aliphatic carbocycles. The summed E-state index contributed by atoms with van der Waals surface area (Å²) in [6.07, 6.45) is 2.91. The SMILES string of the molecule is CCCc1c(NN)nc[nH]c1=O. The molecule has 0 radical (unpaired) electrons. The molecule has 4 N–H and O–H groups in total. The van der Waals surface area contributed by atoms with Crippen molar-refractivity contribution in [2.45, 2.75) is 19.8 Å². The molecule has 0 unspecified atom stereocenters. The van der Waals surface area contributed by atoms with Crippen molar-refractivity contribution < 1.29 is 0 Å². The first kappa shape index (κ1) is 8.73. The van der Waals surface area contributed by atoms with Gasteiger partial charge < -0.3 is 10.4 Å². The van der Waals surface area contributed by atoms with E-state index in [-0.39, 0.29) is 5.56 Å². The van der Waals surface area contributed by atoms with Crippen LogP contribution in [0.3, 0.4) is 0 Å². The maximum absolute atomic E-state index is 11.2. The number of anilines is 1. The first-order chi connectivity index (χ1) is 5.79. The van der Waals surface area contributed by atoms with Crippen LogP contribution in [0.15, 0.2) is 11.1 Å². The summed E-state index contributed by atoms with van der Waals surface area (Å²) < 4.78 is 0. The molecule has 0 saturated carbocycles.